The minimum absolute atomic E-state index is 0.150. The number of anilines is 1. The van der Waals surface area contributed by atoms with E-state index in [0.717, 1.165) is 0 Å². The Labute approximate surface area is 151 Å². The summed E-state index contributed by atoms with van der Waals surface area (Å²) in [6.45, 7) is 6.15. The van der Waals surface area contributed by atoms with Crippen LogP contribution in [0.25, 0.3) is 0 Å². The number of nitrogens with one attached hydrogen (secondary N) is 1. The molecule has 2 N–H and O–H groups in total. The Balaban J connectivity index is 2.17. The maximum Gasteiger partial charge on any atom is 0.331 e. The number of aliphatic carboxylic acids is 1. The van der Waals surface area contributed by atoms with E-state index in [2.05, 4.69) is 10.4 Å². The lowest BCUT2D eigenvalue weighted by Crippen LogP contribution is -2.36. The summed E-state index contributed by atoms with van der Waals surface area (Å²) >= 11 is 0. The minimum Gasteiger partial charge on any atom is -0.479 e. The van der Waals surface area contributed by atoms with Crippen LogP contribution in [0.2, 0.25) is 0 Å². The molecular formula is C17H21N3O5S. The zero-order chi connectivity index (χ0) is 19.7. The fraction of sp³-hybridized carbons (Fsp3) is 0.353. The predicted molar refractivity (Wildman–Crippen MR) is 95.9 cm³/mol. The highest BCUT2D eigenvalue weighted by molar-refractivity contribution is 7.92. The zero-order valence-corrected chi connectivity index (χ0v) is 15.7. The van der Waals surface area contributed by atoms with E-state index in [4.69, 9.17) is 0 Å². The summed E-state index contributed by atoms with van der Waals surface area (Å²) in [4.78, 5) is 23.7. The third-order valence-corrected chi connectivity index (χ3v) is 6.16. The molecule has 1 heterocycles. The maximum atomic E-state index is 12.3. The van der Waals surface area contributed by atoms with E-state index in [-0.39, 0.29) is 16.3 Å². The molecule has 140 valence electrons. The van der Waals surface area contributed by atoms with Gasteiger partial charge in [-0.15, -0.1) is 0 Å². The maximum absolute atomic E-state index is 12.3. The second-order valence-electron chi connectivity index (χ2n) is 6.58. The van der Waals surface area contributed by atoms with Gasteiger partial charge in [-0.05, 0) is 52.0 Å². The second-order valence-corrected chi connectivity index (χ2v) is 9.09. The molecule has 0 unspecified atom stereocenters. The average Bonchev–Trinajstić information content (AvgIpc) is 3.03. The quantitative estimate of drug-likeness (QED) is 0.794. The molecule has 1 amide bonds. The number of rotatable bonds is 6. The first-order valence-corrected chi connectivity index (χ1v) is 9.45. The summed E-state index contributed by atoms with van der Waals surface area (Å²) in [5.41, 5.74) is -0.990. The lowest BCUT2D eigenvalue weighted by Gasteiger charge is -2.19. The minimum atomic E-state index is -3.40. The van der Waals surface area contributed by atoms with Crippen molar-refractivity contribution in [3.8, 4) is 0 Å². The number of hydrogen-bond donors (Lipinski definition) is 2. The number of amides is 1. The Bertz CT molecular complexity index is 928. The van der Waals surface area contributed by atoms with Gasteiger partial charge in [0.05, 0.1) is 10.1 Å². The number of hydrogen-bond acceptors (Lipinski definition) is 5. The summed E-state index contributed by atoms with van der Waals surface area (Å²) in [7, 11) is -3.40. The number of carboxylic acid groups (broad SMARTS) is 1. The van der Waals surface area contributed by atoms with Crippen molar-refractivity contribution in [1.82, 2.24) is 9.78 Å². The Hall–Kier alpha value is -2.68. The molecule has 2 aromatic rings. The Morgan fingerprint density at radius 3 is 2.23 bits per heavy atom. The van der Waals surface area contributed by atoms with Crippen molar-refractivity contribution in [2.45, 2.75) is 43.4 Å². The Morgan fingerprint density at radius 1 is 1.15 bits per heavy atom. The van der Waals surface area contributed by atoms with E-state index >= 15 is 0 Å². The highest BCUT2D eigenvalue weighted by Crippen LogP contribution is 2.19. The molecule has 8 nitrogen and oxygen atoms in total. The van der Waals surface area contributed by atoms with Crippen molar-refractivity contribution in [2.24, 2.45) is 0 Å². The predicted octanol–water partition coefficient (Wildman–Crippen LogP) is 2.14. The summed E-state index contributed by atoms with van der Waals surface area (Å²) < 4.78 is 25.4. The molecule has 0 aliphatic heterocycles. The van der Waals surface area contributed by atoms with Gasteiger partial charge in [0.15, 0.2) is 21.2 Å². The highest BCUT2D eigenvalue weighted by Gasteiger charge is 2.30. The smallest absolute Gasteiger partial charge is 0.331 e. The van der Waals surface area contributed by atoms with Crippen LogP contribution in [0.4, 0.5) is 5.82 Å². The van der Waals surface area contributed by atoms with Crippen molar-refractivity contribution in [3.05, 3.63) is 42.1 Å². The van der Waals surface area contributed by atoms with Gasteiger partial charge in [0.25, 0.3) is 5.91 Å². The van der Waals surface area contributed by atoms with Crippen LogP contribution in [0, 0.1) is 0 Å². The van der Waals surface area contributed by atoms with Crippen molar-refractivity contribution < 1.29 is 23.1 Å². The molecule has 0 bridgehead atoms. The summed E-state index contributed by atoms with van der Waals surface area (Å²) in [5.74, 6) is -1.33. The van der Waals surface area contributed by atoms with E-state index in [9.17, 15) is 23.1 Å². The summed E-state index contributed by atoms with van der Waals surface area (Å²) in [5, 5.41) is 15.3. The molecular weight excluding hydrogens is 358 g/mol. The lowest BCUT2D eigenvalue weighted by atomic mass is 10.1. The number of nitrogens with zero attached hydrogens (tertiary/aromatic N) is 2. The molecule has 1 aromatic heterocycles. The molecule has 0 aliphatic rings. The zero-order valence-electron chi connectivity index (χ0n) is 14.9. The molecule has 0 saturated heterocycles. The summed E-state index contributed by atoms with van der Waals surface area (Å²) in [6, 6.07) is 7.10. The number of carboxylic acids is 1. The number of carbonyl (C=O) groups excluding carboxylic acids is 1. The number of carbonyl (C=O) groups is 2. The topological polar surface area (TPSA) is 118 Å². The first-order valence-electron chi connectivity index (χ1n) is 7.91. The van der Waals surface area contributed by atoms with Crippen molar-refractivity contribution >= 4 is 27.5 Å². The molecule has 0 atom stereocenters. The van der Waals surface area contributed by atoms with Gasteiger partial charge in [-0.25, -0.2) is 13.2 Å². The van der Waals surface area contributed by atoms with Gasteiger partial charge in [0, 0.05) is 17.8 Å². The SMILES string of the molecule is CC(C)S(=O)(=O)c1ccc(C(=O)Nc2ccn(C(C)(C)C(=O)O)n2)cc1. The largest absolute Gasteiger partial charge is 0.479 e. The third-order valence-electron chi connectivity index (χ3n) is 3.99. The van der Waals surface area contributed by atoms with Crippen LogP contribution in [-0.2, 0) is 20.2 Å². The van der Waals surface area contributed by atoms with Crippen LogP contribution in [0.1, 0.15) is 38.1 Å². The Kier molecular flexibility index (Phi) is 5.22. The fourth-order valence-corrected chi connectivity index (χ4v) is 3.12. The van der Waals surface area contributed by atoms with Crippen LogP contribution >= 0.6 is 0 Å². The standard InChI is InChI=1S/C17H21N3O5S/c1-11(2)26(24,25)13-7-5-12(6-8-13)15(21)18-14-9-10-20(19-14)17(3,4)16(22)23/h5-11H,1-4H3,(H,22,23)(H,18,19,21). The van der Waals surface area contributed by atoms with Crippen LogP contribution in [0.5, 0.6) is 0 Å². The van der Waals surface area contributed by atoms with E-state index in [1.165, 1.54) is 55.1 Å². The molecule has 2 rings (SSSR count). The second kappa shape index (κ2) is 6.91. The fourth-order valence-electron chi connectivity index (χ4n) is 2.06. The number of sulfone groups is 1. The lowest BCUT2D eigenvalue weighted by molar-refractivity contribution is -0.146. The van der Waals surface area contributed by atoms with Gasteiger partial charge in [-0.3, -0.25) is 9.48 Å². The van der Waals surface area contributed by atoms with E-state index in [0.29, 0.717) is 0 Å². The van der Waals surface area contributed by atoms with Crippen molar-refractivity contribution in [1.29, 1.82) is 0 Å². The van der Waals surface area contributed by atoms with Gasteiger partial charge >= 0.3 is 5.97 Å². The molecule has 0 aliphatic carbocycles. The first-order chi connectivity index (χ1) is 12.0. The van der Waals surface area contributed by atoms with Crippen LogP contribution in [-0.4, -0.2) is 40.4 Å². The summed E-state index contributed by atoms with van der Waals surface area (Å²) in [6.07, 6.45) is 1.46. The number of benzene rings is 1. The molecule has 0 fully saturated rings. The first kappa shape index (κ1) is 19.6. The third kappa shape index (κ3) is 3.77. The molecule has 0 spiro atoms. The van der Waals surface area contributed by atoms with Gasteiger partial charge in [-0.1, -0.05) is 0 Å². The van der Waals surface area contributed by atoms with Gasteiger partial charge in [0.1, 0.15) is 0 Å². The molecule has 0 radical (unpaired) electrons. The highest BCUT2D eigenvalue weighted by atomic mass is 32.2. The normalized spacial score (nSPS) is 12.2. The van der Waals surface area contributed by atoms with Crippen molar-refractivity contribution in [3.63, 3.8) is 0 Å². The molecule has 1 aromatic carbocycles. The van der Waals surface area contributed by atoms with Gasteiger partial charge < -0.3 is 10.4 Å². The molecule has 0 saturated carbocycles. The Morgan fingerprint density at radius 2 is 1.73 bits per heavy atom. The average molecular weight is 379 g/mol. The van der Waals surface area contributed by atoms with E-state index in [1.54, 1.807) is 13.8 Å². The van der Waals surface area contributed by atoms with Gasteiger partial charge in [-0.2, -0.15) is 5.10 Å². The number of aromatic nitrogens is 2. The van der Waals surface area contributed by atoms with Crippen LogP contribution < -0.4 is 5.32 Å². The van der Waals surface area contributed by atoms with E-state index in [1.807, 2.05) is 0 Å². The van der Waals surface area contributed by atoms with Crippen molar-refractivity contribution in [2.75, 3.05) is 5.32 Å². The van der Waals surface area contributed by atoms with Crippen LogP contribution in [0.3, 0.4) is 0 Å². The van der Waals surface area contributed by atoms with Gasteiger partial charge in [0.2, 0.25) is 0 Å². The molecule has 9 heteroatoms. The van der Waals surface area contributed by atoms with Crippen LogP contribution in [0.15, 0.2) is 41.4 Å². The van der Waals surface area contributed by atoms with E-state index < -0.39 is 32.5 Å². The monoisotopic (exact) mass is 379 g/mol. The molecule has 26 heavy (non-hydrogen) atoms.